The van der Waals surface area contributed by atoms with Crippen molar-refractivity contribution in [2.24, 2.45) is 17.6 Å². The maximum atomic E-state index is 12.8. The molecular weight excluding hydrogens is 322 g/mol. The summed E-state index contributed by atoms with van der Waals surface area (Å²) in [5.74, 6) is 0.602. The van der Waals surface area contributed by atoms with Crippen molar-refractivity contribution in [3.05, 3.63) is 28.8 Å². The van der Waals surface area contributed by atoms with E-state index in [1.54, 1.807) is 0 Å². The standard InChI is InChI=1S/C15H18ClN3O2S/c16-14-6-12(5-4-10(14)7-17)22(20,21)19-8-11-2-1-3-15(18)13(11)9-19/h4-6,11,13,15H,1-3,8-9,18H2. The largest absolute Gasteiger partial charge is 0.327 e. The molecule has 1 saturated heterocycles. The monoisotopic (exact) mass is 339 g/mol. The van der Waals surface area contributed by atoms with Crippen LogP contribution in [0.2, 0.25) is 5.02 Å². The van der Waals surface area contributed by atoms with Crippen LogP contribution in [0, 0.1) is 23.2 Å². The number of nitrogens with two attached hydrogens (primary N) is 1. The summed E-state index contributed by atoms with van der Waals surface area (Å²) in [6.07, 6.45) is 3.08. The van der Waals surface area contributed by atoms with Gasteiger partial charge in [-0.05, 0) is 42.9 Å². The fourth-order valence-electron chi connectivity index (χ4n) is 3.57. The van der Waals surface area contributed by atoms with Gasteiger partial charge in [-0.15, -0.1) is 0 Å². The zero-order valence-corrected chi connectivity index (χ0v) is 13.6. The first-order valence-corrected chi connectivity index (χ1v) is 9.20. The highest BCUT2D eigenvalue weighted by atomic mass is 35.5. The van der Waals surface area contributed by atoms with E-state index in [1.807, 2.05) is 6.07 Å². The molecule has 0 spiro atoms. The predicted octanol–water partition coefficient (Wildman–Crippen LogP) is 1.96. The van der Waals surface area contributed by atoms with Crippen molar-refractivity contribution in [3.63, 3.8) is 0 Å². The van der Waals surface area contributed by atoms with Crippen molar-refractivity contribution >= 4 is 21.6 Å². The van der Waals surface area contributed by atoms with Gasteiger partial charge in [0.05, 0.1) is 15.5 Å². The highest BCUT2D eigenvalue weighted by molar-refractivity contribution is 7.89. The fourth-order valence-corrected chi connectivity index (χ4v) is 5.42. The minimum Gasteiger partial charge on any atom is -0.327 e. The van der Waals surface area contributed by atoms with Crippen LogP contribution >= 0.6 is 11.6 Å². The molecule has 2 fully saturated rings. The van der Waals surface area contributed by atoms with Gasteiger partial charge >= 0.3 is 0 Å². The summed E-state index contributed by atoms with van der Waals surface area (Å²) in [4.78, 5) is 0.142. The summed E-state index contributed by atoms with van der Waals surface area (Å²) in [6.45, 7) is 1.00. The van der Waals surface area contributed by atoms with Crippen molar-refractivity contribution in [1.29, 1.82) is 5.26 Å². The highest BCUT2D eigenvalue weighted by Crippen LogP contribution is 2.38. The summed E-state index contributed by atoms with van der Waals surface area (Å²) in [6, 6.07) is 6.27. The third-order valence-electron chi connectivity index (χ3n) is 4.82. The lowest BCUT2D eigenvalue weighted by molar-refractivity contribution is 0.260. The molecule has 2 N–H and O–H groups in total. The Labute approximate surface area is 135 Å². The third-order valence-corrected chi connectivity index (χ3v) is 6.96. The predicted molar refractivity (Wildman–Crippen MR) is 83.7 cm³/mol. The number of rotatable bonds is 2. The van der Waals surface area contributed by atoms with Crippen LogP contribution in [-0.4, -0.2) is 31.9 Å². The molecule has 0 bridgehead atoms. The number of fused-ring (bicyclic) bond motifs is 1. The van der Waals surface area contributed by atoms with Crippen LogP contribution in [0.15, 0.2) is 23.1 Å². The number of nitriles is 1. The van der Waals surface area contributed by atoms with Gasteiger partial charge in [0.25, 0.3) is 0 Å². The molecule has 7 heteroatoms. The zero-order valence-electron chi connectivity index (χ0n) is 12.1. The highest BCUT2D eigenvalue weighted by Gasteiger charge is 2.43. The van der Waals surface area contributed by atoms with Gasteiger partial charge in [0, 0.05) is 19.1 Å². The molecular formula is C15H18ClN3O2S. The minimum absolute atomic E-state index is 0.0866. The Morgan fingerprint density at radius 3 is 2.73 bits per heavy atom. The minimum atomic E-state index is -3.58. The summed E-state index contributed by atoms with van der Waals surface area (Å²) in [7, 11) is -3.58. The first-order chi connectivity index (χ1) is 10.4. The number of hydrogen-bond donors (Lipinski definition) is 1. The van der Waals surface area contributed by atoms with Gasteiger partial charge in [-0.25, -0.2) is 8.42 Å². The Hall–Kier alpha value is -1.13. The van der Waals surface area contributed by atoms with E-state index in [9.17, 15) is 8.42 Å². The van der Waals surface area contributed by atoms with Crippen LogP contribution in [0.3, 0.4) is 0 Å². The molecule has 1 aromatic carbocycles. The average Bonchev–Trinajstić information content (AvgIpc) is 2.93. The first-order valence-electron chi connectivity index (χ1n) is 7.39. The van der Waals surface area contributed by atoms with Gasteiger partial charge in [0.2, 0.25) is 10.0 Å². The quantitative estimate of drug-likeness (QED) is 0.892. The van der Waals surface area contributed by atoms with E-state index in [-0.39, 0.29) is 27.4 Å². The number of halogens is 1. The second-order valence-corrected chi connectivity index (χ2v) is 8.44. The van der Waals surface area contributed by atoms with Gasteiger partial charge in [-0.1, -0.05) is 18.0 Å². The molecule has 3 rings (SSSR count). The van der Waals surface area contributed by atoms with E-state index in [0.29, 0.717) is 19.0 Å². The Morgan fingerprint density at radius 2 is 2.09 bits per heavy atom. The van der Waals surface area contributed by atoms with E-state index in [0.717, 1.165) is 19.3 Å². The average molecular weight is 340 g/mol. The van der Waals surface area contributed by atoms with Gasteiger partial charge in [-0.3, -0.25) is 0 Å². The van der Waals surface area contributed by atoms with Crippen LogP contribution in [0.1, 0.15) is 24.8 Å². The zero-order chi connectivity index (χ0) is 15.9. The van der Waals surface area contributed by atoms with E-state index in [2.05, 4.69) is 0 Å². The molecule has 0 aromatic heterocycles. The molecule has 1 saturated carbocycles. The second kappa shape index (κ2) is 5.82. The lowest BCUT2D eigenvalue weighted by atomic mass is 9.78. The van der Waals surface area contributed by atoms with Crippen molar-refractivity contribution in [1.82, 2.24) is 4.31 Å². The van der Waals surface area contributed by atoms with E-state index >= 15 is 0 Å². The second-order valence-electron chi connectivity index (χ2n) is 6.09. The van der Waals surface area contributed by atoms with Gasteiger partial charge < -0.3 is 5.73 Å². The maximum absolute atomic E-state index is 12.8. The van der Waals surface area contributed by atoms with E-state index in [4.69, 9.17) is 22.6 Å². The Morgan fingerprint density at radius 1 is 1.32 bits per heavy atom. The third kappa shape index (κ3) is 2.63. The first kappa shape index (κ1) is 15.8. The normalized spacial score (nSPS) is 29.0. The van der Waals surface area contributed by atoms with Crippen molar-refractivity contribution in [2.45, 2.75) is 30.2 Å². The van der Waals surface area contributed by atoms with Crippen LogP contribution in [-0.2, 0) is 10.0 Å². The summed E-state index contributed by atoms with van der Waals surface area (Å²) < 4.78 is 27.1. The molecule has 1 aliphatic carbocycles. The molecule has 2 aliphatic rings. The number of hydrogen-bond acceptors (Lipinski definition) is 4. The van der Waals surface area contributed by atoms with Gasteiger partial charge in [0.15, 0.2) is 0 Å². The van der Waals surface area contributed by atoms with E-state index < -0.39 is 10.0 Å². The summed E-state index contributed by atoms with van der Waals surface area (Å²) >= 11 is 5.96. The molecule has 1 heterocycles. The summed E-state index contributed by atoms with van der Waals surface area (Å²) in [5, 5.41) is 9.05. The number of sulfonamides is 1. The van der Waals surface area contributed by atoms with E-state index in [1.165, 1.54) is 22.5 Å². The Balaban J connectivity index is 1.88. The van der Waals surface area contributed by atoms with Crippen LogP contribution in [0.25, 0.3) is 0 Å². The molecule has 118 valence electrons. The lowest BCUT2D eigenvalue weighted by Gasteiger charge is -2.29. The molecule has 0 amide bonds. The van der Waals surface area contributed by atoms with Gasteiger partial charge in [-0.2, -0.15) is 9.57 Å². The SMILES string of the molecule is N#Cc1ccc(S(=O)(=O)N2CC3CCCC(N)C3C2)cc1Cl. The van der Waals surface area contributed by atoms with Crippen LogP contribution in [0.4, 0.5) is 0 Å². The van der Waals surface area contributed by atoms with Crippen molar-refractivity contribution in [2.75, 3.05) is 13.1 Å². The van der Waals surface area contributed by atoms with Crippen molar-refractivity contribution in [3.8, 4) is 6.07 Å². The van der Waals surface area contributed by atoms with Crippen LogP contribution < -0.4 is 5.73 Å². The van der Waals surface area contributed by atoms with Crippen LogP contribution in [0.5, 0.6) is 0 Å². The Bertz CT molecular complexity index is 729. The number of benzene rings is 1. The molecule has 22 heavy (non-hydrogen) atoms. The molecule has 5 nitrogen and oxygen atoms in total. The molecule has 3 atom stereocenters. The Kier molecular flexibility index (Phi) is 4.17. The lowest BCUT2D eigenvalue weighted by Crippen LogP contribution is -2.38. The number of nitrogens with zero attached hydrogens (tertiary/aromatic N) is 2. The summed E-state index contributed by atoms with van der Waals surface area (Å²) in [5.41, 5.74) is 6.42. The van der Waals surface area contributed by atoms with Gasteiger partial charge in [0.1, 0.15) is 6.07 Å². The smallest absolute Gasteiger partial charge is 0.243 e. The van der Waals surface area contributed by atoms with Crippen molar-refractivity contribution < 1.29 is 8.42 Å². The topological polar surface area (TPSA) is 87.2 Å². The molecule has 1 aliphatic heterocycles. The maximum Gasteiger partial charge on any atom is 0.243 e. The molecule has 1 aromatic rings. The molecule has 3 unspecified atom stereocenters. The molecule has 0 radical (unpaired) electrons. The fraction of sp³-hybridized carbons (Fsp3) is 0.533.